The van der Waals surface area contributed by atoms with Crippen molar-refractivity contribution in [1.29, 1.82) is 0 Å². The molecule has 1 aliphatic heterocycles. The predicted octanol–water partition coefficient (Wildman–Crippen LogP) is 2.63. The van der Waals surface area contributed by atoms with Crippen molar-refractivity contribution in [1.82, 2.24) is 9.97 Å². The molecule has 5 heteroatoms. The highest BCUT2D eigenvalue weighted by atomic mass is 35.5. The molecule has 0 atom stereocenters. The van der Waals surface area contributed by atoms with Crippen LogP contribution in [0.5, 0.6) is 0 Å². The lowest BCUT2D eigenvalue weighted by atomic mass is 9.92. The number of anilines is 1. The van der Waals surface area contributed by atoms with E-state index in [1.165, 1.54) is 0 Å². The zero-order valence-electron chi connectivity index (χ0n) is 10.8. The molecule has 0 bridgehead atoms. The van der Waals surface area contributed by atoms with Gasteiger partial charge < -0.3 is 10.1 Å². The number of aromatic nitrogens is 2. The Bertz CT molecular complexity index is 380. The molecule has 0 amide bonds. The lowest BCUT2D eigenvalue weighted by Gasteiger charge is -2.36. The van der Waals surface area contributed by atoms with E-state index >= 15 is 0 Å². The highest BCUT2D eigenvalue weighted by Gasteiger charge is 2.31. The van der Waals surface area contributed by atoms with E-state index in [0.29, 0.717) is 5.88 Å². The molecular weight excluding hydrogens is 250 g/mol. The molecule has 4 nitrogen and oxygen atoms in total. The molecule has 100 valence electrons. The number of aryl methyl sites for hydroxylation is 1. The van der Waals surface area contributed by atoms with Gasteiger partial charge in [-0.3, -0.25) is 0 Å². The third-order valence-electron chi connectivity index (χ3n) is 3.33. The first-order valence-corrected chi connectivity index (χ1v) is 7.04. The maximum Gasteiger partial charge on any atom is 0.130 e. The minimum atomic E-state index is -0.0857. The first-order chi connectivity index (χ1) is 8.78. The molecule has 2 heterocycles. The second-order valence-electron chi connectivity index (χ2n) is 4.80. The molecule has 0 spiro atoms. The van der Waals surface area contributed by atoms with Gasteiger partial charge in [0.1, 0.15) is 12.1 Å². The van der Waals surface area contributed by atoms with E-state index in [0.717, 1.165) is 50.4 Å². The van der Waals surface area contributed by atoms with E-state index in [4.69, 9.17) is 16.3 Å². The normalized spacial score (nSPS) is 18.6. The largest absolute Gasteiger partial charge is 0.381 e. The van der Waals surface area contributed by atoms with Crippen LogP contribution in [0.3, 0.4) is 0 Å². The molecule has 0 saturated carbocycles. The minimum absolute atomic E-state index is 0.0857. The molecule has 1 aliphatic rings. The van der Waals surface area contributed by atoms with Crippen LogP contribution in [-0.2, 0) is 11.2 Å². The van der Waals surface area contributed by atoms with Crippen LogP contribution in [0.25, 0.3) is 0 Å². The number of alkyl halides is 1. The van der Waals surface area contributed by atoms with Gasteiger partial charge in [-0.15, -0.1) is 11.6 Å². The second kappa shape index (κ2) is 6.34. The zero-order chi connectivity index (χ0) is 12.8. The Balaban J connectivity index is 2.08. The van der Waals surface area contributed by atoms with Crippen LogP contribution in [-0.4, -0.2) is 34.6 Å². The number of halogens is 1. The van der Waals surface area contributed by atoms with Crippen LogP contribution in [0.15, 0.2) is 12.4 Å². The molecular formula is C13H20ClN3O. The number of nitrogens with one attached hydrogen (secondary N) is 1. The number of nitrogens with zero attached hydrogens (tertiary/aromatic N) is 2. The lowest BCUT2D eigenvalue weighted by Crippen LogP contribution is -2.45. The van der Waals surface area contributed by atoms with Gasteiger partial charge in [0.15, 0.2) is 0 Å². The van der Waals surface area contributed by atoms with E-state index in [9.17, 15) is 0 Å². The highest BCUT2D eigenvalue weighted by Crippen LogP contribution is 2.26. The fourth-order valence-corrected chi connectivity index (χ4v) is 2.52. The molecule has 1 aromatic rings. The van der Waals surface area contributed by atoms with Gasteiger partial charge in [-0.05, 0) is 19.3 Å². The third kappa shape index (κ3) is 3.33. The third-order valence-corrected chi connectivity index (χ3v) is 3.84. The van der Waals surface area contributed by atoms with Gasteiger partial charge in [0.05, 0.1) is 5.54 Å². The number of ether oxygens (including phenoxy) is 1. The first kappa shape index (κ1) is 13.6. The molecule has 2 rings (SSSR count). The average Bonchev–Trinajstić information content (AvgIpc) is 2.41. The Morgan fingerprint density at radius 1 is 1.39 bits per heavy atom. The molecule has 18 heavy (non-hydrogen) atoms. The van der Waals surface area contributed by atoms with Gasteiger partial charge in [0, 0.05) is 30.9 Å². The van der Waals surface area contributed by atoms with Crippen LogP contribution in [0.4, 0.5) is 5.82 Å². The smallest absolute Gasteiger partial charge is 0.130 e. The van der Waals surface area contributed by atoms with Gasteiger partial charge in [0.25, 0.3) is 0 Å². The van der Waals surface area contributed by atoms with Crippen molar-refractivity contribution in [2.45, 2.75) is 38.1 Å². The van der Waals surface area contributed by atoms with E-state index in [-0.39, 0.29) is 5.54 Å². The Kier molecular flexibility index (Phi) is 4.78. The van der Waals surface area contributed by atoms with Gasteiger partial charge in [0.2, 0.25) is 0 Å². The van der Waals surface area contributed by atoms with Gasteiger partial charge >= 0.3 is 0 Å². The summed E-state index contributed by atoms with van der Waals surface area (Å²) in [6, 6.07) is 2.02. The van der Waals surface area contributed by atoms with Crippen molar-refractivity contribution < 1.29 is 4.74 Å². The topological polar surface area (TPSA) is 47.0 Å². The summed E-state index contributed by atoms with van der Waals surface area (Å²) in [7, 11) is 0. The maximum absolute atomic E-state index is 6.13. The predicted molar refractivity (Wildman–Crippen MR) is 73.2 cm³/mol. The maximum atomic E-state index is 6.13. The molecule has 0 radical (unpaired) electrons. The van der Waals surface area contributed by atoms with E-state index in [2.05, 4.69) is 22.2 Å². The summed E-state index contributed by atoms with van der Waals surface area (Å²) >= 11 is 6.13. The Labute approximate surface area is 113 Å². The van der Waals surface area contributed by atoms with Crippen LogP contribution >= 0.6 is 11.6 Å². The zero-order valence-corrected chi connectivity index (χ0v) is 11.5. The van der Waals surface area contributed by atoms with Crippen molar-refractivity contribution in [2.75, 3.05) is 24.4 Å². The lowest BCUT2D eigenvalue weighted by molar-refractivity contribution is 0.0666. The summed E-state index contributed by atoms with van der Waals surface area (Å²) in [5, 5.41) is 3.48. The number of rotatable bonds is 5. The van der Waals surface area contributed by atoms with Crippen LogP contribution in [0.2, 0.25) is 0 Å². The molecule has 1 saturated heterocycles. The van der Waals surface area contributed by atoms with E-state index < -0.39 is 0 Å². The molecule has 0 aromatic carbocycles. The fraction of sp³-hybridized carbons (Fsp3) is 0.692. The molecule has 1 aromatic heterocycles. The average molecular weight is 270 g/mol. The van der Waals surface area contributed by atoms with Crippen molar-refractivity contribution in [3.05, 3.63) is 18.1 Å². The highest BCUT2D eigenvalue weighted by molar-refractivity contribution is 6.18. The van der Waals surface area contributed by atoms with Crippen molar-refractivity contribution in [2.24, 2.45) is 0 Å². The Hall–Kier alpha value is -0.870. The minimum Gasteiger partial charge on any atom is -0.381 e. The standard InChI is InChI=1S/C13H20ClN3O/c1-2-3-11-8-12(16-10-15-11)17-13(9-14)4-6-18-7-5-13/h8,10H,2-7,9H2,1H3,(H,15,16,17). The van der Waals surface area contributed by atoms with Gasteiger partial charge in [-0.1, -0.05) is 13.3 Å². The van der Waals surface area contributed by atoms with Crippen LogP contribution in [0, 0.1) is 0 Å². The molecule has 0 unspecified atom stereocenters. The summed E-state index contributed by atoms with van der Waals surface area (Å²) in [6.45, 7) is 3.66. The quantitative estimate of drug-likeness (QED) is 0.835. The van der Waals surface area contributed by atoms with Crippen molar-refractivity contribution in [3.63, 3.8) is 0 Å². The summed E-state index contributed by atoms with van der Waals surface area (Å²) < 4.78 is 5.40. The summed E-state index contributed by atoms with van der Waals surface area (Å²) in [4.78, 5) is 8.55. The van der Waals surface area contributed by atoms with E-state index in [1.54, 1.807) is 6.33 Å². The van der Waals surface area contributed by atoms with Crippen molar-refractivity contribution >= 4 is 17.4 Å². The number of hydrogen-bond donors (Lipinski definition) is 1. The molecule has 1 fully saturated rings. The van der Waals surface area contributed by atoms with E-state index in [1.807, 2.05) is 6.07 Å². The van der Waals surface area contributed by atoms with Gasteiger partial charge in [-0.2, -0.15) is 0 Å². The van der Waals surface area contributed by atoms with Gasteiger partial charge in [-0.25, -0.2) is 9.97 Å². The summed E-state index contributed by atoms with van der Waals surface area (Å²) in [5.41, 5.74) is 0.990. The number of hydrogen-bond acceptors (Lipinski definition) is 4. The van der Waals surface area contributed by atoms with Crippen LogP contribution in [0.1, 0.15) is 31.9 Å². The Morgan fingerprint density at radius 3 is 2.83 bits per heavy atom. The van der Waals surface area contributed by atoms with Crippen LogP contribution < -0.4 is 5.32 Å². The molecule has 0 aliphatic carbocycles. The SMILES string of the molecule is CCCc1cc(NC2(CCl)CCOCC2)ncn1. The Morgan fingerprint density at radius 2 is 2.17 bits per heavy atom. The fourth-order valence-electron chi connectivity index (χ4n) is 2.18. The van der Waals surface area contributed by atoms with Crippen molar-refractivity contribution in [3.8, 4) is 0 Å². The summed E-state index contributed by atoms with van der Waals surface area (Å²) in [5.74, 6) is 1.44. The summed E-state index contributed by atoms with van der Waals surface area (Å²) in [6.07, 6.45) is 5.53. The second-order valence-corrected chi connectivity index (χ2v) is 5.06. The monoisotopic (exact) mass is 269 g/mol. The molecule has 1 N–H and O–H groups in total. The first-order valence-electron chi connectivity index (χ1n) is 6.51.